The molecule has 1 atom stereocenters. The van der Waals surface area contributed by atoms with Crippen molar-refractivity contribution in [3.05, 3.63) is 39.3 Å². The molecule has 0 aromatic carbocycles. The van der Waals surface area contributed by atoms with Crippen LogP contribution in [0.2, 0.25) is 0 Å². The summed E-state index contributed by atoms with van der Waals surface area (Å²) in [4.78, 5) is 26.3. The number of thiophene rings is 1. The number of aromatic nitrogens is 2. The third-order valence-electron chi connectivity index (χ3n) is 4.17. The fourth-order valence-electron chi connectivity index (χ4n) is 3.09. The summed E-state index contributed by atoms with van der Waals surface area (Å²) >= 11 is 1.27. The van der Waals surface area contributed by atoms with Gasteiger partial charge in [-0.3, -0.25) is 14.3 Å². The number of amides is 2. The molecule has 1 fully saturated rings. The van der Waals surface area contributed by atoms with Crippen molar-refractivity contribution in [3.8, 4) is 0 Å². The second-order valence-corrected chi connectivity index (χ2v) is 6.89. The van der Waals surface area contributed by atoms with Crippen molar-refractivity contribution in [1.29, 1.82) is 0 Å². The van der Waals surface area contributed by atoms with E-state index in [1.165, 1.54) is 11.3 Å². The molecule has 0 spiro atoms. The topological polar surface area (TPSA) is 81.2 Å². The second kappa shape index (κ2) is 6.16. The number of rotatable bonds is 3. The molecule has 6 nitrogen and oxygen atoms in total. The molecule has 0 bridgehead atoms. The van der Waals surface area contributed by atoms with E-state index in [4.69, 9.17) is 5.73 Å². The number of hydrogen-bond donors (Lipinski definition) is 1. The van der Waals surface area contributed by atoms with Crippen LogP contribution in [-0.2, 0) is 0 Å². The van der Waals surface area contributed by atoms with Crippen LogP contribution in [0.25, 0.3) is 0 Å². The van der Waals surface area contributed by atoms with Crippen molar-refractivity contribution in [3.63, 3.8) is 0 Å². The molecule has 7 heteroatoms. The van der Waals surface area contributed by atoms with Crippen molar-refractivity contribution in [2.75, 3.05) is 13.1 Å². The molecule has 2 N–H and O–H groups in total. The number of hydrogen-bond acceptors (Lipinski definition) is 4. The van der Waals surface area contributed by atoms with E-state index in [1.54, 1.807) is 11.4 Å². The van der Waals surface area contributed by atoms with Crippen LogP contribution in [-0.4, -0.2) is 39.6 Å². The lowest BCUT2D eigenvalue weighted by Crippen LogP contribution is -2.40. The molecule has 2 aromatic heterocycles. The monoisotopic (exact) mass is 332 g/mol. The van der Waals surface area contributed by atoms with Gasteiger partial charge < -0.3 is 10.6 Å². The van der Waals surface area contributed by atoms with Gasteiger partial charge >= 0.3 is 0 Å². The van der Waals surface area contributed by atoms with Crippen LogP contribution in [0, 0.1) is 13.8 Å². The highest BCUT2D eigenvalue weighted by molar-refractivity contribution is 7.12. The highest BCUT2D eigenvalue weighted by Crippen LogP contribution is 2.25. The minimum atomic E-state index is -0.500. The van der Waals surface area contributed by atoms with Gasteiger partial charge in [-0.05, 0) is 38.8 Å². The third-order valence-corrected chi connectivity index (χ3v) is 5.09. The Morgan fingerprint density at radius 1 is 1.35 bits per heavy atom. The first-order chi connectivity index (χ1) is 11.0. The lowest BCUT2D eigenvalue weighted by Gasteiger charge is -2.33. The van der Waals surface area contributed by atoms with E-state index < -0.39 is 5.91 Å². The van der Waals surface area contributed by atoms with E-state index in [0.29, 0.717) is 17.0 Å². The Labute approximate surface area is 138 Å². The van der Waals surface area contributed by atoms with E-state index >= 15 is 0 Å². The average Bonchev–Trinajstić information content (AvgIpc) is 3.13. The van der Waals surface area contributed by atoms with Crippen molar-refractivity contribution in [2.45, 2.75) is 32.7 Å². The number of piperidine rings is 1. The summed E-state index contributed by atoms with van der Waals surface area (Å²) in [5, 5.41) is 6.18. The van der Waals surface area contributed by atoms with E-state index in [9.17, 15) is 9.59 Å². The van der Waals surface area contributed by atoms with Crippen LogP contribution in [0.3, 0.4) is 0 Å². The molecule has 2 amide bonds. The van der Waals surface area contributed by atoms with Gasteiger partial charge in [0.05, 0.1) is 22.2 Å². The number of primary amides is 1. The number of aryl methyl sites for hydroxylation is 2. The first-order valence-electron chi connectivity index (χ1n) is 7.66. The van der Waals surface area contributed by atoms with Gasteiger partial charge in [-0.15, -0.1) is 11.3 Å². The minimum Gasteiger partial charge on any atom is -0.366 e. The molecule has 3 heterocycles. The average molecular weight is 332 g/mol. The summed E-state index contributed by atoms with van der Waals surface area (Å²) in [5.74, 6) is -0.534. The SMILES string of the molecule is Cc1cc(C)n(C2CCCN(C(=O)c3cc(C(N)=O)cs3)C2)n1. The van der Waals surface area contributed by atoms with Crippen molar-refractivity contribution >= 4 is 23.2 Å². The van der Waals surface area contributed by atoms with Gasteiger partial charge in [-0.1, -0.05) is 0 Å². The summed E-state index contributed by atoms with van der Waals surface area (Å²) in [6.45, 7) is 5.40. The molecule has 1 saturated heterocycles. The van der Waals surface area contributed by atoms with E-state index in [-0.39, 0.29) is 11.9 Å². The van der Waals surface area contributed by atoms with Crippen LogP contribution >= 0.6 is 11.3 Å². The zero-order valence-corrected chi connectivity index (χ0v) is 14.1. The van der Waals surface area contributed by atoms with E-state index in [2.05, 4.69) is 11.2 Å². The molecule has 122 valence electrons. The summed E-state index contributed by atoms with van der Waals surface area (Å²) in [6, 6.07) is 3.85. The number of nitrogens with zero attached hydrogens (tertiary/aromatic N) is 3. The lowest BCUT2D eigenvalue weighted by molar-refractivity contribution is 0.0676. The second-order valence-electron chi connectivity index (χ2n) is 5.98. The molecule has 23 heavy (non-hydrogen) atoms. The predicted molar refractivity (Wildman–Crippen MR) is 88.7 cm³/mol. The van der Waals surface area contributed by atoms with Crippen LogP contribution in [0.15, 0.2) is 17.5 Å². The van der Waals surface area contributed by atoms with Crippen LogP contribution < -0.4 is 5.73 Å². The molecule has 0 saturated carbocycles. The predicted octanol–water partition coefficient (Wildman–Crippen LogP) is 2.14. The number of carbonyl (C=O) groups is 2. The normalized spacial score (nSPS) is 18.2. The van der Waals surface area contributed by atoms with Gasteiger partial charge in [0.25, 0.3) is 5.91 Å². The molecule has 0 radical (unpaired) electrons. The van der Waals surface area contributed by atoms with Gasteiger partial charge in [0.2, 0.25) is 5.91 Å². The maximum Gasteiger partial charge on any atom is 0.264 e. The summed E-state index contributed by atoms with van der Waals surface area (Å²) in [7, 11) is 0. The van der Waals surface area contributed by atoms with Crippen LogP contribution in [0.5, 0.6) is 0 Å². The van der Waals surface area contributed by atoms with Crippen LogP contribution in [0.4, 0.5) is 0 Å². The van der Waals surface area contributed by atoms with Crippen molar-refractivity contribution < 1.29 is 9.59 Å². The van der Waals surface area contributed by atoms with E-state index in [1.807, 2.05) is 23.4 Å². The molecule has 0 aliphatic carbocycles. The first-order valence-corrected chi connectivity index (χ1v) is 8.54. The fourth-order valence-corrected chi connectivity index (χ4v) is 3.95. The van der Waals surface area contributed by atoms with Gasteiger partial charge in [-0.2, -0.15) is 5.10 Å². The summed E-state index contributed by atoms with van der Waals surface area (Å²) < 4.78 is 2.03. The number of carbonyl (C=O) groups excluding carboxylic acids is 2. The standard InChI is InChI=1S/C16H20N4O2S/c1-10-6-11(2)20(18-10)13-4-3-5-19(8-13)16(22)14-7-12(9-23-14)15(17)21/h6-7,9,13H,3-5,8H2,1-2H3,(H2,17,21). The Hall–Kier alpha value is -2.15. The maximum atomic E-state index is 12.7. The van der Waals surface area contributed by atoms with Crippen molar-refractivity contribution in [2.24, 2.45) is 5.73 Å². The van der Waals surface area contributed by atoms with Gasteiger partial charge in [0, 0.05) is 24.2 Å². The zero-order valence-electron chi connectivity index (χ0n) is 13.3. The molecule has 1 aliphatic rings. The first kappa shape index (κ1) is 15.7. The Kier molecular flexibility index (Phi) is 4.21. The Balaban J connectivity index is 1.76. The molecular formula is C16H20N4O2S. The molecule has 1 unspecified atom stereocenters. The molecule has 1 aliphatic heterocycles. The van der Waals surface area contributed by atoms with Gasteiger partial charge in [0.1, 0.15) is 0 Å². The highest BCUT2D eigenvalue weighted by atomic mass is 32.1. The minimum absolute atomic E-state index is 0.0336. The third kappa shape index (κ3) is 3.14. The smallest absolute Gasteiger partial charge is 0.264 e. The maximum absolute atomic E-state index is 12.7. The van der Waals surface area contributed by atoms with Crippen molar-refractivity contribution in [1.82, 2.24) is 14.7 Å². The quantitative estimate of drug-likeness (QED) is 0.935. The fraction of sp³-hybridized carbons (Fsp3) is 0.438. The Bertz CT molecular complexity index is 749. The lowest BCUT2D eigenvalue weighted by atomic mass is 10.1. The highest BCUT2D eigenvalue weighted by Gasteiger charge is 2.27. The zero-order chi connectivity index (χ0) is 16.6. The summed E-state index contributed by atoms with van der Waals surface area (Å²) in [6.07, 6.45) is 1.96. The molecule has 3 rings (SSSR count). The number of likely N-dealkylation sites (tertiary alicyclic amines) is 1. The van der Waals surface area contributed by atoms with Gasteiger partial charge in [0.15, 0.2) is 0 Å². The van der Waals surface area contributed by atoms with E-state index in [0.717, 1.165) is 30.8 Å². The molecule has 2 aromatic rings. The Morgan fingerprint density at radius 2 is 2.13 bits per heavy atom. The largest absolute Gasteiger partial charge is 0.366 e. The number of nitrogens with two attached hydrogens (primary N) is 1. The van der Waals surface area contributed by atoms with Crippen LogP contribution in [0.1, 0.15) is 50.3 Å². The summed E-state index contributed by atoms with van der Waals surface area (Å²) in [5.41, 5.74) is 7.76. The van der Waals surface area contributed by atoms with Gasteiger partial charge in [-0.25, -0.2) is 0 Å². The molecular weight excluding hydrogens is 312 g/mol. The Morgan fingerprint density at radius 3 is 2.74 bits per heavy atom.